The number of amides is 2. The van der Waals surface area contributed by atoms with E-state index < -0.39 is 30.4 Å². The molecule has 174 valence electrons. The molecule has 2 aliphatic rings. The molecule has 0 spiro atoms. The third-order valence-electron chi connectivity index (χ3n) is 7.32. The lowest BCUT2D eigenvalue weighted by Gasteiger charge is -2.21. The van der Waals surface area contributed by atoms with Gasteiger partial charge in [-0.25, -0.2) is 4.79 Å². The maximum Gasteiger partial charge on any atom is 0.407 e. The normalized spacial score (nSPS) is 20.8. The molecule has 2 aromatic carbocycles. The topological polar surface area (TPSA) is 105 Å². The van der Waals surface area contributed by atoms with E-state index >= 15 is 0 Å². The van der Waals surface area contributed by atoms with Crippen molar-refractivity contribution in [2.45, 2.75) is 45.6 Å². The van der Waals surface area contributed by atoms with Gasteiger partial charge >= 0.3 is 12.1 Å². The number of aliphatic carboxylic acids is 1. The second-order valence-corrected chi connectivity index (χ2v) is 9.96. The fourth-order valence-corrected chi connectivity index (χ4v) is 4.80. The van der Waals surface area contributed by atoms with E-state index in [1.54, 1.807) is 0 Å². The van der Waals surface area contributed by atoms with Gasteiger partial charge in [0.25, 0.3) is 0 Å². The van der Waals surface area contributed by atoms with E-state index in [1.807, 2.05) is 48.5 Å². The fraction of sp³-hybridized carbons (Fsp3) is 0.423. The summed E-state index contributed by atoms with van der Waals surface area (Å²) < 4.78 is 5.47. The van der Waals surface area contributed by atoms with Crippen molar-refractivity contribution in [3.8, 4) is 11.1 Å². The Hall–Kier alpha value is -3.35. The molecule has 3 N–H and O–H groups in total. The molecule has 0 aliphatic heterocycles. The van der Waals surface area contributed by atoms with Crippen molar-refractivity contribution in [3.05, 3.63) is 59.7 Å². The van der Waals surface area contributed by atoms with Crippen LogP contribution in [-0.2, 0) is 14.3 Å². The number of hydrogen-bond acceptors (Lipinski definition) is 4. The molecule has 1 fully saturated rings. The molecule has 2 unspecified atom stereocenters. The average Bonchev–Trinajstić information content (AvgIpc) is 3.12. The maximum atomic E-state index is 12.6. The predicted molar refractivity (Wildman–Crippen MR) is 124 cm³/mol. The summed E-state index contributed by atoms with van der Waals surface area (Å²) >= 11 is 0. The van der Waals surface area contributed by atoms with Crippen LogP contribution in [-0.4, -0.2) is 42.3 Å². The van der Waals surface area contributed by atoms with E-state index in [1.165, 1.54) is 0 Å². The minimum absolute atomic E-state index is 0.0276. The van der Waals surface area contributed by atoms with Gasteiger partial charge in [-0.1, -0.05) is 69.3 Å². The summed E-state index contributed by atoms with van der Waals surface area (Å²) in [6, 6.07) is 14.8. The largest absolute Gasteiger partial charge is 0.481 e. The second-order valence-electron chi connectivity index (χ2n) is 9.96. The smallest absolute Gasteiger partial charge is 0.407 e. The van der Waals surface area contributed by atoms with Gasteiger partial charge in [-0.15, -0.1) is 0 Å². The molecule has 33 heavy (non-hydrogen) atoms. The fourth-order valence-electron chi connectivity index (χ4n) is 4.80. The third kappa shape index (κ3) is 4.58. The van der Waals surface area contributed by atoms with Crippen LogP contribution >= 0.6 is 0 Å². The number of hydrogen-bond donors (Lipinski definition) is 3. The molecular weight excluding hydrogens is 420 g/mol. The Labute approximate surface area is 193 Å². The van der Waals surface area contributed by atoms with Gasteiger partial charge in [0.1, 0.15) is 12.6 Å². The van der Waals surface area contributed by atoms with E-state index in [4.69, 9.17) is 4.74 Å². The van der Waals surface area contributed by atoms with Crippen molar-refractivity contribution < 1.29 is 24.2 Å². The first-order valence-electron chi connectivity index (χ1n) is 11.2. The summed E-state index contributed by atoms with van der Waals surface area (Å²) in [6.07, 6.45) is -0.351. The van der Waals surface area contributed by atoms with Gasteiger partial charge in [0.15, 0.2) is 0 Å². The SMILES string of the molecule is CC1(C)CC1(C)CNC(=O)C(CC(=O)O)NC(=O)OCC1c2ccccc2-c2ccccc21. The number of ether oxygens (including phenoxy) is 1. The molecule has 0 heterocycles. The Morgan fingerprint density at radius 3 is 2.09 bits per heavy atom. The zero-order chi connectivity index (χ0) is 23.8. The Kier molecular flexibility index (Phi) is 5.91. The van der Waals surface area contributed by atoms with Crippen molar-refractivity contribution in [1.82, 2.24) is 10.6 Å². The lowest BCUT2D eigenvalue weighted by molar-refractivity contribution is -0.139. The number of rotatable bonds is 8. The molecule has 7 nitrogen and oxygen atoms in total. The summed E-state index contributed by atoms with van der Waals surface area (Å²) in [5.74, 6) is -1.81. The van der Waals surface area contributed by atoms with Crippen LogP contribution in [0.15, 0.2) is 48.5 Å². The number of carbonyl (C=O) groups excluding carboxylic acids is 2. The van der Waals surface area contributed by atoms with Gasteiger partial charge in [0.2, 0.25) is 5.91 Å². The molecule has 0 aromatic heterocycles. The molecule has 0 saturated heterocycles. The molecule has 0 radical (unpaired) electrons. The monoisotopic (exact) mass is 450 g/mol. The highest BCUT2D eigenvalue weighted by atomic mass is 16.5. The van der Waals surface area contributed by atoms with Gasteiger partial charge in [-0.3, -0.25) is 9.59 Å². The number of carboxylic acid groups (broad SMARTS) is 1. The van der Waals surface area contributed by atoms with E-state index in [2.05, 4.69) is 31.4 Å². The molecular formula is C26H30N2O5. The lowest BCUT2D eigenvalue weighted by atomic mass is 9.98. The van der Waals surface area contributed by atoms with E-state index in [-0.39, 0.29) is 23.4 Å². The first-order valence-corrected chi connectivity index (χ1v) is 11.2. The van der Waals surface area contributed by atoms with Crippen molar-refractivity contribution >= 4 is 18.0 Å². The number of carbonyl (C=O) groups is 3. The standard InChI is InChI=1S/C26H30N2O5/c1-25(2)14-26(25,3)15-27-23(31)21(12-22(29)30)28-24(32)33-13-20-18-10-6-4-8-16(18)17-9-5-7-11-19(17)20/h4-11,20-21H,12-15H2,1-3H3,(H,27,31)(H,28,32)(H,29,30). The third-order valence-corrected chi connectivity index (χ3v) is 7.32. The number of nitrogens with one attached hydrogen (secondary N) is 2. The molecule has 2 aliphatic carbocycles. The second kappa shape index (κ2) is 8.54. The summed E-state index contributed by atoms with van der Waals surface area (Å²) in [5.41, 5.74) is 4.48. The van der Waals surface area contributed by atoms with Crippen LogP contribution in [0.5, 0.6) is 0 Å². The van der Waals surface area contributed by atoms with Gasteiger partial charge in [-0.05, 0) is 39.5 Å². The van der Waals surface area contributed by atoms with Crippen molar-refractivity contribution in [2.75, 3.05) is 13.2 Å². The van der Waals surface area contributed by atoms with Crippen LogP contribution in [0.1, 0.15) is 50.7 Å². The first kappa shape index (κ1) is 22.8. The van der Waals surface area contributed by atoms with Crippen molar-refractivity contribution in [1.29, 1.82) is 0 Å². The highest BCUT2D eigenvalue weighted by molar-refractivity contribution is 5.89. The molecule has 2 atom stereocenters. The van der Waals surface area contributed by atoms with E-state index in [9.17, 15) is 19.5 Å². The summed E-state index contributed by atoms with van der Waals surface area (Å²) in [6.45, 7) is 6.86. The van der Waals surface area contributed by atoms with Gasteiger partial charge in [-0.2, -0.15) is 0 Å². The van der Waals surface area contributed by atoms with Gasteiger partial charge in [0.05, 0.1) is 6.42 Å². The Balaban J connectivity index is 1.38. The van der Waals surface area contributed by atoms with Crippen molar-refractivity contribution in [3.63, 3.8) is 0 Å². The van der Waals surface area contributed by atoms with E-state index in [0.717, 1.165) is 28.7 Å². The Morgan fingerprint density at radius 1 is 1.03 bits per heavy atom. The quantitative estimate of drug-likeness (QED) is 0.565. The first-order chi connectivity index (χ1) is 15.6. The van der Waals surface area contributed by atoms with Gasteiger partial charge < -0.3 is 20.5 Å². The number of alkyl carbamates (subject to hydrolysis) is 1. The molecule has 2 amide bonds. The Bertz CT molecular complexity index is 1050. The summed E-state index contributed by atoms with van der Waals surface area (Å²) in [7, 11) is 0. The van der Waals surface area contributed by atoms with Crippen LogP contribution in [0.4, 0.5) is 4.79 Å². The van der Waals surface area contributed by atoms with Crippen LogP contribution in [0, 0.1) is 10.8 Å². The van der Waals surface area contributed by atoms with Crippen molar-refractivity contribution in [2.24, 2.45) is 10.8 Å². The molecule has 7 heteroatoms. The van der Waals surface area contributed by atoms with Crippen LogP contribution in [0.2, 0.25) is 0 Å². The zero-order valence-electron chi connectivity index (χ0n) is 19.2. The minimum atomic E-state index is -1.20. The number of fused-ring (bicyclic) bond motifs is 3. The highest BCUT2D eigenvalue weighted by Crippen LogP contribution is 2.62. The Morgan fingerprint density at radius 2 is 1.58 bits per heavy atom. The predicted octanol–water partition coefficient (Wildman–Crippen LogP) is 3.92. The number of benzene rings is 2. The highest BCUT2D eigenvalue weighted by Gasteiger charge is 2.57. The van der Waals surface area contributed by atoms with Crippen LogP contribution in [0.25, 0.3) is 11.1 Å². The van der Waals surface area contributed by atoms with Crippen LogP contribution in [0.3, 0.4) is 0 Å². The summed E-state index contributed by atoms with van der Waals surface area (Å²) in [5, 5.41) is 14.5. The van der Waals surface area contributed by atoms with Crippen LogP contribution < -0.4 is 10.6 Å². The molecule has 2 aromatic rings. The summed E-state index contributed by atoms with van der Waals surface area (Å²) in [4.78, 5) is 36.5. The zero-order valence-corrected chi connectivity index (χ0v) is 19.2. The molecule has 0 bridgehead atoms. The minimum Gasteiger partial charge on any atom is -0.481 e. The average molecular weight is 451 g/mol. The lowest BCUT2D eigenvalue weighted by Crippen LogP contribution is -2.49. The van der Waals surface area contributed by atoms with E-state index in [0.29, 0.717) is 6.54 Å². The maximum absolute atomic E-state index is 12.6. The molecule has 1 saturated carbocycles. The molecule has 4 rings (SSSR count). The van der Waals surface area contributed by atoms with Gasteiger partial charge in [0, 0.05) is 12.5 Å². The number of carboxylic acids is 1.